The third-order valence-electron chi connectivity index (χ3n) is 4.13. The number of rotatable bonds is 1. The van der Waals surface area contributed by atoms with E-state index in [1.807, 2.05) is 34.0 Å². The largest absolute Gasteiger partial charge is 0.144 e. The molecule has 0 aliphatic heterocycles. The number of aryl methyl sites for hydroxylation is 1. The zero-order valence-corrected chi connectivity index (χ0v) is 13.9. The van der Waals surface area contributed by atoms with Crippen LogP contribution >= 0.6 is 34.0 Å². The molecule has 0 radical (unpaired) electrons. The van der Waals surface area contributed by atoms with E-state index in [0.717, 1.165) is 6.42 Å². The molecule has 0 N–H and O–H groups in total. The number of thiophene rings is 3. The van der Waals surface area contributed by atoms with E-state index in [9.17, 15) is 0 Å². The molecule has 3 heteroatoms. The molecular formula is C18H12S3. The first-order valence-corrected chi connectivity index (χ1v) is 9.60. The van der Waals surface area contributed by atoms with Gasteiger partial charge in [0.15, 0.2) is 0 Å². The molecule has 3 aromatic heterocycles. The van der Waals surface area contributed by atoms with Gasteiger partial charge < -0.3 is 0 Å². The Labute approximate surface area is 134 Å². The van der Waals surface area contributed by atoms with Crippen LogP contribution in [0.5, 0.6) is 0 Å². The fourth-order valence-corrected chi connectivity index (χ4v) is 6.36. The maximum atomic E-state index is 2.39. The van der Waals surface area contributed by atoms with Crippen LogP contribution in [0.4, 0.5) is 0 Å². The standard InChI is InChI=1S/C18H12S3/c1-2-10-9-14-16(20-10)6-4-12-11-3-5-15-13(7-8-19-15)17(11)21-18(12)14/h3-9H,2H2,1H3. The van der Waals surface area contributed by atoms with E-state index in [1.54, 1.807) is 0 Å². The van der Waals surface area contributed by atoms with Gasteiger partial charge in [0.2, 0.25) is 0 Å². The van der Waals surface area contributed by atoms with Crippen molar-refractivity contribution in [3.05, 3.63) is 46.7 Å². The summed E-state index contributed by atoms with van der Waals surface area (Å²) >= 11 is 5.73. The normalized spacial score (nSPS) is 12.2. The molecule has 0 unspecified atom stereocenters. The van der Waals surface area contributed by atoms with Crippen molar-refractivity contribution >= 4 is 74.4 Å². The summed E-state index contributed by atoms with van der Waals surface area (Å²) in [5.41, 5.74) is 0. The Kier molecular flexibility index (Phi) is 2.48. The molecule has 0 spiro atoms. The lowest BCUT2D eigenvalue weighted by atomic mass is 10.1. The van der Waals surface area contributed by atoms with Crippen molar-refractivity contribution in [3.63, 3.8) is 0 Å². The summed E-state index contributed by atoms with van der Waals surface area (Å²) in [5, 5.41) is 7.88. The van der Waals surface area contributed by atoms with Crippen molar-refractivity contribution in [3.8, 4) is 0 Å². The van der Waals surface area contributed by atoms with E-state index in [1.165, 1.54) is 45.2 Å². The van der Waals surface area contributed by atoms with Crippen molar-refractivity contribution in [2.45, 2.75) is 13.3 Å². The Hall–Kier alpha value is -1.42. The molecule has 0 amide bonds. The molecule has 0 fully saturated rings. The van der Waals surface area contributed by atoms with Crippen LogP contribution in [0.25, 0.3) is 40.3 Å². The molecule has 102 valence electrons. The van der Waals surface area contributed by atoms with Crippen LogP contribution in [0.1, 0.15) is 11.8 Å². The number of hydrogen-bond acceptors (Lipinski definition) is 3. The second-order valence-corrected chi connectivity index (χ2v) is 8.43. The van der Waals surface area contributed by atoms with E-state index in [2.05, 4.69) is 48.7 Å². The average Bonchev–Trinajstić information content (AvgIpc) is 3.20. The highest BCUT2D eigenvalue weighted by Crippen LogP contribution is 2.44. The molecular weight excluding hydrogens is 312 g/mol. The Morgan fingerprint density at radius 2 is 1.52 bits per heavy atom. The highest BCUT2D eigenvalue weighted by molar-refractivity contribution is 7.29. The highest BCUT2D eigenvalue weighted by Gasteiger charge is 2.12. The van der Waals surface area contributed by atoms with Crippen LogP contribution in [-0.2, 0) is 6.42 Å². The Morgan fingerprint density at radius 1 is 0.762 bits per heavy atom. The predicted octanol–water partition coefficient (Wildman–Crippen LogP) is 7.05. The first-order chi connectivity index (χ1) is 10.3. The lowest BCUT2D eigenvalue weighted by molar-refractivity contribution is 1.19. The van der Waals surface area contributed by atoms with E-state index < -0.39 is 0 Å². The van der Waals surface area contributed by atoms with Gasteiger partial charge in [-0.3, -0.25) is 0 Å². The third-order valence-corrected chi connectivity index (χ3v) is 7.55. The van der Waals surface area contributed by atoms with Gasteiger partial charge in [-0.15, -0.1) is 34.0 Å². The third kappa shape index (κ3) is 1.60. The Morgan fingerprint density at radius 3 is 2.33 bits per heavy atom. The van der Waals surface area contributed by atoms with Gasteiger partial charge in [-0.1, -0.05) is 19.1 Å². The lowest BCUT2D eigenvalue weighted by Gasteiger charge is -1.93. The summed E-state index contributed by atoms with van der Waals surface area (Å²) < 4.78 is 5.72. The molecule has 3 heterocycles. The van der Waals surface area contributed by atoms with E-state index in [0.29, 0.717) is 0 Å². The first kappa shape index (κ1) is 12.2. The van der Waals surface area contributed by atoms with Crippen molar-refractivity contribution < 1.29 is 0 Å². The minimum atomic E-state index is 1.13. The molecule has 5 rings (SSSR count). The van der Waals surface area contributed by atoms with Gasteiger partial charge in [0.05, 0.1) is 0 Å². The van der Waals surface area contributed by atoms with Crippen LogP contribution in [0.2, 0.25) is 0 Å². The van der Waals surface area contributed by atoms with E-state index >= 15 is 0 Å². The topological polar surface area (TPSA) is 0 Å². The predicted molar refractivity (Wildman–Crippen MR) is 99.5 cm³/mol. The van der Waals surface area contributed by atoms with Crippen LogP contribution < -0.4 is 0 Å². The Balaban J connectivity index is 2.03. The average molecular weight is 324 g/mol. The van der Waals surface area contributed by atoms with Gasteiger partial charge in [0.1, 0.15) is 0 Å². The smallest absolute Gasteiger partial charge is 0.0442 e. The Bertz CT molecular complexity index is 1120. The maximum absolute atomic E-state index is 2.39. The first-order valence-electron chi connectivity index (χ1n) is 7.09. The lowest BCUT2D eigenvalue weighted by Crippen LogP contribution is -1.67. The summed E-state index contributed by atoms with van der Waals surface area (Å²) in [6.45, 7) is 2.24. The fraction of sp³-hybridized carbons (Fsp3) is 0.111. The molecule has 21 heavy (non-hydrogen) atoms. The quantitative estimate of drug-likeness (QED) is 0.310. The molecule has 0 aliphatic carbocycles. The van der Waals surface area contributed by atoms with Gasteiger partial charge in [0, 0.05) is 45.2 Å². The summed E-state index contributed by atoms with van der Waals surface area (Å²) in [4.78, 5) is 1.48. The van der Waals surface area contributed by atoms with Crippen LogP contribution in [0, 0.1) is 0 Å². The number of fused-ring (bicyclic) bond motifs is 7. The van der Waals surface area contributed by atoms with Crippen molar-refractivity contribution in [2.24, 2.45) is 0 Å². The van der Waals surface area contributed by atoms with Gasteiger partial charge in [0.25, 0.3) is 0 Å². The molecule has 0 saturated heterocycles. The molecule has 0 aliphatic rings. The minimum Gasteiger partial charge on any atom is -0.144 e. The van der Waals surface area contributed by atoms with Crippen molar-refractivity contribution in [1.82, 2.24) is 0 Å². The van der Waals surface area contributed by atoms with Gasteiger partial charge in [-0.25, -0.2) is 0 Å². The van der Waals surface area contributed by atoms with Crippen LogP contribution in [0.3, 0.4) is 0 Å². The maximum Gasteiger partial charge on any atom is 0.0442 e. The molecule has 0 saturated carbocycles. The summed E-state index contributed by atoms with van der Waals surface area (Å²) in [6.07, 6.45) is 1.13. The van der Waals surface area contributed by atoms with Gasteiger partial charge >= 0.3 is 0 Å². The second kappa shape index (κ2) is 4.29. The summed E-state index contributed by atoms with van der Waals surface area (Å²) in [7, 11) is 0. The minimum absolute atomic E-state index is 1.13. The monoisotopic (exact) mass is 324 g/mol. The zero-order valence-electron chi connectivity index (χ0n) is 11.5. The molecule has 2 aromatic carbocycles. The molecule has 0 bridgehead atoms. The molecule has 5 aromatic rings. The van der Waals surface area contributed by atoms with Crippen molar-refractivity contribution in [1.29, 1.82) is 0 Å². The molecule has 0 nitrogen and oxygen atoms in total. The summed E-state index contributed by atoms with van der Waals surface area (Å²) in [5.74, 6) is 0. The van der Waals surface area contributed by atoms with E-state index in [-0.39, 0.29) is 0 Å². The van der Waals surface area contributed by atoms with E-state index in [4.69, 9.17) is 0 Å². The second-order valence-electron chi connectivity index (χ2n) is 5.30. The van der Waals surface area contributed by atoms with Crippen molar-refractivity contribution in [2.75, 3.05) is 0 Å². The highest BCUT2D eigenvalue weighted by atomic mass is 32.1. The summed E-state index contributed by atoms with van der Waals surface area (Å²) in [6, 6.07) is 13.8. The number of hydrogen-bond donors (Lipinski definition) is 0. The zero-order chi connectivity index (χ0) is 14.0. The number of benzene rings is 2. The van der Waals surface area contributed by atoms with Gasteiger partial charge in [-0.2, -0.15) is 0 Å². The van der Waals surface area contributed by atoms with Gasteiger partial charge in [-0.05, 0) is 36.1 Å². The van der Waals surface area contributed by atoms with Crippen LogP contribution in [-0.4, -0.2) is 0 Å². The fourth-order valence-electron chi connectivity index (χ4n) is 3.08. The SMILES string of the molecule is CCc1cc2c(ccc3c4ccc5sccc5c4sc23)s1. The molecule has 0 atom stereocenters. The van der Waals surface area contributed by atoms with Crippen LogP contribution in [0.15, 0.2) is 41.8 Å².